The highest BCUT2D eigenvalue weighted by atomic mass is 14.9. The van der Waals surface area contributed by atoms with Crippen LogP contribution in [0.1, 0.15) is 64.3 Å². The van der Waals surface area contributed by atoms with E-state index in [1.807, 2.05) is 0 Å². The van der Waals surface area contributed by atoms with Crippen molar-refractivity contribution in [2.45, 2.75) is 58.3 Å². The molecular weight excluding hydrogens is 210 g/mol. The lowest BCUT2D eigenvalue weighted by molar-refractivity contribution is 0.361. The average Bonchev–Trinajstić information content (AvgIpc) is 2.37. The van der Waals surface area contributed by atoms with Crippen LogP contribution in [0, 0.1) is 11.3 Å². The van der Waals surface area contributed by atoms with Gasteiger partial charge in [0.25, 0.3) is 0 Å². The second kappa shape index (κ2) is 6.34. The highest BCUT2D eigenvalue weighted by Gasteiger charge is 2.27. The molecule has 0 aliphatic rings. The zero-order valence-corrected chi connectivity index (χ0v) is 11.0. The van der Waals surface area contributed by atoms with Crippen LogP contribution in [-0.2, 0) is 5.41 Å². The number of nitriles is 1. The number of aromatic nitrogens is 2. The number of nitrogens with zero attached hydrogens (tertiary/aromatic N) is 3. The van der Waals surface area contributed by atoms with E-state index in [4.69, 9.17) is 5.26 Å². The third-order valence-electron chi connectivity index (χ3n) is 3.20. The third kappa shape index (κ3) is 3.52. The molecule has 0 saturated carbocycles. The predicted molar refractivity (Wildman–Crippen MR) is 68.5 cm³/mol. The first kappa shape index (κ1) is 13.6. The van der Waals surface area contributed by atoms with Crippen molar-refractivity contribution >= 4 is 0 Å². The number of unbranched alkanes of at least 4 members (excludes halogenated alkanes) is 1. The van der Waals surface area contributed by atoms with Gasteiger partial charge in [-0.1, -0.05) is 40.0 Å². The summed E-state index contributed by atoms with van der Waals surface area (Å²) in [6.45, 7) is 6.62. The van der Waals surface area contributed by atoms with E-state index in [-0.39, 0.29) is 5.41 Å². The van der Waals surface area contributed by atoms with Gasteiger partial charge in [-0.05, 0) is 12.8 Å². The van der Waals surface area contributed by atoms with Crippen molar-refractivity contribution in [3.05, 3.63) is 23.8 Å². The molecule has 1 unspecified atom stereocenters. The molecule has 0 radical (unpaired) electrons. The van der Waals surface area contributed by atoms with Crippen molar-refractivity contribution in [1.29, 1.82) is 5.26 Å². The van der Waals surface area contributed by atoms with Gasteiger partial charge in [0.15, 0.2) is 0 Å². The molecule has 0 N–H and O–H groups in total. The van der Waals surface area contributed by atoms with E-state index < -0.39 is 0 Å². The van der Waals surface area contributed by atoms with Crippen LogP contribution in [-0.4, -0.2) is 9.97 Å². The fraction of sp³-hybridized carbons (Fsp3) is 0.643. The molecule has 0 spiro atoms. The van der Waals surface area contributed by atoms with Crippen molar-refractivity contribution in [1.82, 2.24) is 9.97 Å². The fourth-order valence-corrected chi connectivity index (χ4v) is 2.16. The maximum atomic E-state index is 8.75. The Balaban J connectivity index is 2.92. The number of hydrogen-bond donors (Lipinski definition) is 0. The smallest absolute Gasteiger partial charge is 0.134 e. The Morgan fingerprint density at radius 2 is 1.82 bits per heavy atom. The minimum Gasteiger partial charge on any atom is -0.239 e. The van der Waals surface area contributed by atoms with E-state index in [0.29, 0.717) is 5.56 Å². The van der Waals surface area contributed by atoms with Crippen molar-refractivity contribution in [2.24, 2.45) is 0 Å². The molecule has 1 aromatic heterocycles. The Hall–Kier alpha value is -1.43. The first-order valence-electron chi connectivity index (χ1n) is 6.39. The molecule has 0 aliphatic carbocycles. The van der Waals surface area contributed by atoms with Gasteiger partial charge in [0.2, 0.25) is 0 Å². The molecule has 17 heavy (non-hydrogen) atoms. The zero-order valence-electron chi connectivity index (χ0n) is 11.0. The van der Waals surface area contributed by atoms with E-state index in [2.05, 4.69) is 36.8 Å². The van der Waals surface area contributed by atoms with Crippen molar-refractivity contribution < 1.29 is 0 Å². The largest absolute Gasteiger partial charge is 0.239 e. The molecule has 0 bridgehead atoms. The van der Waals surface area contributed by atoms with E-state index in [1.165, 1.54) is 12.8 Å². The van der Waals surface area contributed by atoms with Crippen LogP contribution < -0.4 is 0 Å². The van der Waals surface area contributed by atoms with E-state index in [1.54, 1.807) is 12.4 Å². The lowest BCUT2D eigenvalue weighted by atomic mass is 9.80. The molecule has 1 heterocycles. The Bertz CT molecular complexity index is 377. The summed E-state index contributed by atoms with van der Waals surface area (Å²) < 4.78 is 0. The highest BCUT2D eigenvalue weighted by molar-refractivity contribution is 5.23. The van der Waals surface area contributed by atoms with Gasteiger partial charge < -0.3 is 0 Å². The molecule has 3 nitrogen and oxygen atoms in total. The summed E-state index contributed by atoms with van der Waals surface area (Å²) in [6.07, 6.45) is 8.98. The first-order valence-corrected chi connectivity index (χ1v) is 6.39. The summed E-state index contributed by atoms with van der Waals surface area (Å²) in [7, 11) is 0. The minimum atomic E-state index is 0.0543. The van der Waals surface area contributed by atoms with Crippen LogP contribution in [0.4, 0.5) is 0 Å². The maximum Gasteiger partial charge on any atom is 0.134 e. The molecular formula is C14H21N3. The average molecular weight is 231 g/mol. The Morgan fingerprint density at radius 3 is 2.29 bits per heavy atom. The van der Waals surface area contributed by atoms with Gasteiger partial charge in [0, 0.05) is 17.8 Å². The Labute approximate surface area is 104 Å². The molecule has 0 saturated heterocycles. The molecule has 1 aromatic rings. The predicted octanol–water partition coefficient (Wildman–Crippen LogP) is 3.60. The van der Waals surface area contributed by atoms with Crippen LogP contribution in [0.15, 0.2) is 12.4 Å². The SMILES string of the molecule is CCCCC(C)(CCC)c1ncc(C#N)cn1. The van der Waals surface area contributed by atoms with Crippen LogP contribution in [0.5, 0.6) is 0 Å². The molecule has 1 rings (SSSR count). The Kier molecular flexibility index (Phi) is 5.09. The van der Waals surface area contributed by atoms with Crippen LogP contribution >= 0.6 is 0 Å². The molecule has 0 aromatic carbocycles. The molecule has 0 fully saturated rings. The number of rotatable bonds is 6. The topological polar surface area (TPSA) is 49.6 Å². The monoisotopic (exact) mass is 231 g/mol. The summed E-state index contributed by atoms with van der Waals surface area (Å²) >= 11 is 0. The quantitative estimate of drug-likeness (QED) is 0.751. The van der Waals surface area contributed by atoms with Gasteiger partial charge >= 0.3 is 0 Å². The van der Waals surface area contributed by atoms with Crippen molar-refractivity contribution in [2.75, 3.05) is 0 Å². The van der Waals surface area contributed by atoms with Crippen LogP contribution in [0.3, 0.4) is 0 Å². The van der Waals surface area contributed by atoms with E-state index in [9.17, 15) is 0 Å². The van der Waals surface area contributed by atoms with E-state index >= 15 is 0 Å². The fourth-order valence-electron chi connectivity index (χ4n) is 2.16. The molecule has 0 aliphatic heterocycles. The minimum absolute atomic E-state index is 0.0543. The van der Waals surface area contributed by atoms with Crippen molar-refractivity contribution in [3.8, 4) is 6.07 Å². The summed E-state index contributed by atoms with van der Waals surface area (Å²) in [5.41, 5.74) is 0.585. The van der Waals surface area contributed by atoms with Crippen LogP contribution in [0.25, 0.3) is 0 Å². The van der Waals surface area contributed by atoms with Gasteiger partial charge in [0.05, 0.1) is 5.56 Å². The summed E-state index contributed by atoms with van der Waals surface area (Å²) in [4.78, 5) is 8.72. The van der Waals surface area contributed by atoms with E-state index in [0.717, 1.165) is 25.1 Å². The van der Waals surface area contributed by atoms with Gasteiger partial charge in [-0.3, -0.25) is 0 Å². The van der Waals surface area contributed by atoms with Crippen molar-refractivity contribution in [3.63, 3.8) is 0 Å². The second-order valence-corrected chi connectivity index (χ2v) is 4.82. The van der Waals surface area contributed by atoms with Gasteiger partial charge in [-0.15, -0.1) is 0 Å². The van der Waals surface area contributed by atoms with Gasteiger partial charge in [-0.2, -0.15) is 5.26 Å². The normalized spacial score (nSPS) is 14.0. The van der Waals surface area contributed by atoms with Gasteiger partial charge in [-0.25, -0.2) is 9.97 Å². The summed E-state index contributed by atoms with van der Waals surface area (Å²) in [6, 6.07) is 2.06. The summed E-state index contributed by atoms with van der Waals surface area (Å²) in [5, 5.41) is 8.75. The van der Waals surface area contributed by atoms with Gasteiger partial charge in [0.1, 0.15) is 11.9 Å². The standard InChI is InChI=1S/C14H21N3/c1-4-6-8-14(3,7-5-2)13-16-10-12(9-15)11-17-13/h10-11H,4-8H2,1-3H3. The lowest BCUT2D eigenvalue weighted by Crippen LogP contribution is -2.24. The molecule has 0 amide bonds. The molecule has 3 heteroatoms. The first-order chi connectivity index (χ1) is 8.16. The lowest BCUT2D eigenvalue weighted by Gasteiger charge is -2.27. The third-order valence-corrected chi connectivity index (χ3v) is 3.20. The Morgan fingerprint density at radius 1 is 1.18 bits per heavy atom. The van der Waals surface area contributed by atoms with Crippen LogP contribution in [0.2, 0.25) is 0 Å². The molecule has 1 atom stereocenters. The number of hydrogen-bond acceptors (Lipinski definition) is 3. The molecule has 92 valence electrons. The maximum absolute atomic E-state index is 8.75. The summed E-state index contributed by atoms with van der Waals surface area (Å²) in [5.74, 6) is 0.881. The second-order valence-electron chi connectivity index (χ2n) is 4.82. The highest BCUT2D eigenvalue weighted by Crippen LogP contribution is 2.31. The zero-order chi connectivity index (χ0) is 12.7.